The van der Waals surface area contributed by atoms with Gasteiger partial charge >= 0.3 is 0 Å². The second-order valence-corrected chi connectivity index (χ2v) is 11.3. The Morgan fingerprint density at radius 2 is 1.07 bits per heavy atom. The Morgan fingerprint density at radius 1 is 0.605 bits per heavy atom. The van der Waals surface area contributed by atoms with E-state index in [4.69, 9.17) is 18.9 Å². The van der Waals surface area contributed by atoms with Crippen LogP contribution in [0.2, 0.25) is 0 Å². The summed E-state index contributed by atoms with van der Waals surface area (Å²) in [4.78, 5) is 28.9. The Hall–Kier alpha value is -4.14. The number of para-hydroxylation sites is 1. The van der Waals surface area contributed by atoms with Crippen LogP contribution < -0.4 is 4.90 Å². The number of imide groups is 1. The van der Waals surface area contributed by atoms with Gasteiger partial charge in [-0.2, -0.15) is 0 Å². The minimum atomic E-state index is -1.11. The number of rotatable bonds is 11. The van der Waals surface area contributed by atoms with Crippen molar-refractivity contribution >= 4 is 17.5 Å². The highest BCUT2D eigenvalue weighted by atomic mass is 16.6. The van der Waals surface area contributed by atoms with Crippen molar-refractivity contribution in [3.05, 3.63) is 138 Å². The van der Waals surface area contributed by atoms with Crippen molar-refractivity contribution in [3.63, 3.8) is 0 Å². The number of hydrogen-bond donors (Lipinski definition) is 0. The van der Waals surface area contributed by atoms with E-state index in [9.17, 15) is 9.59 Å². The monoisotopic (exact) mass is 575 g/mol. The Bertz CT molecular complexity index is 1530. The van der Waals surface area contributed by atoms with E-state index in [1.165, 1.54) is 4.90 Å². The summed E-state index contributed by atoms with van der Waals surface area (Å²) in [5.74, 6) is -1.82. The van der Waals surface area contributed by atoms with Crippen molar-refractivity contribution in [3.8, 4) is 0 Å². The molecule has 0 N–H and O–H groups in total. The van der Waals surface area contributed by atoms with Crippen LogP contribution in [0.15, 0.2) is 121 Å². The maximum atomic E-state index is 13.8. The van der Waals surface area contributed by atoms with E-state index in [1.54, 1.807) is 12.1 Å². The zero-order valence-corrected chi connectivity index (χ0v) is 23.7. The maximum absolute atomic E-state index is 13.8. The molecule has 2 saturated heterocycles. The summed E-state index contributed by atoms with van der Waals surface area (Å²) in [6, 6.07) is 38.7. The molecule has 0 aromatic heterocycles. The highest BCUT2D eigenvalue weighted by molar-refractivity contribution is 6.26. The smallest absolute Gasteiger partial charge is 0.240 e. The lowest BCUT2D eigenvalue weighted by atomic mass is 10.0. The van der Waals surface area contributed by atoms with E-state index in [0.29, 0.717) is 25.5 Å². The van der Waals surface area contributed by atoms with Gasteiger partial charge in [-0.15, -0.1) is 0 Å². The molecule has 2 amide bonds. The summed E-state index contributed by atoms with van der Waals surface area (Å²) in [6.45, 7) is 1.26. The van der Waals surface area contributed by atoms with Gasteiger partial charge in [-0.3, -0.25) is 9.59 Å². The van der Waals surface area contributed by atoms with Crippen LogP contribution in [0.25, 0.3) is 0 Å². The molecule has 1 aliphatic carbocycles. The molecule has 7 nitrogen and oxygen atoms in total. The predicted molar refractivity (Wildman–Crippen MR) is 160 cm³/mol. The van der Waals surface area contributed by atoms with Gasteiger partial charge in [-0.25, -0.2) is 4.90 Å². The molecular formula is C36H33NO6. The third kappa shape index (κ3) is 5.19. The summed E-state index contributed by atoms with van der Waals surface area (Å²) < 4.78 is 26.1. The summed E-state index contributed by atoms with van der Waals surface area (Å²) in [5.41, 5.74) is 2.49. The molecule has 3 aliphatic rings. The zero-order valence-electron chi connectivity index (χ0n) is 23.7. The lowest BCUT2D eigenvalue weighted by Gasteiger charge is -2.28. The van der Waals surface area contributed by atoms with Crippen molar-refractivity contribution < 1.29 is 28.5 Å². The lowest BCUT2D eigenvalue weighted by molar-refractivity contribution is -0.134. The number of piperidine rings is 1. The summed E-state index contributed by atoms with van der Waals surface area (Å²) >= 11 is 0. The van der Waals surface area contributed by atoms with Gasteiger partial charge in [0.1, 0.15) is 23.9 Å². The standard InChI is InChI=1S/C36H33NO6/c38-34-30-31(35(39)37(34)28-19-11-4-12-20-28)36(30)33(42-23-27-17-9-3-10-18-27)32(41-22-26-15-7-2-8-16-26)29(43-36)24-40-21-25-13-5-1-6-14-25/h1-20,29-33H,21-24H2/t29-,30-,31+,32-,33-,36?/m1/s1. The van der Waals surface area contributed by atoms with Gasteiger partial charge < -0.3 is 18.9 Å². The summed E-state index contributed by atoms with van der Waals surface area (Å²) in [6.07, 6.45) is -1.75. The van der Waals surface area contributed by atoms with Crippen LogP contribution in [-0.4, -0.2) is 42.3 Å². The number of ether oxygens (including phenoxy) is 4. The molecule has 1 unspecified atom stereocenters. The number of nitrogens with zero attached hydrogens (tertiary/aromatic N) is 1. The van der Waals surface area contributed by atoms with Crippen LogP contribution in [0.3, 0.4) is 0 Å². The van der Waals surface area contributed by atoms with E-state index < -0.39 is 35.7 Å². The molecule has 1 spiro atoms. The maximum Gasteiger partial charge on any atom is 0.240 e. The van der Waals surface area contributed by atoms with Crippen LogP contribution in [0.5, 0.6) is 0 Å². The number of benzene rings is 4. The number of carbonyl (C=O) groups excluding carboxylic acids is 2. The van der Waals surface area contributed by atoms with Gasteiger partial charge in [0.15, 0.2) is 0 Å². The third-order valence-electron chi connectivity index (χ3n) is 8.60. The average molecular weight is 576 g/mol. The Morgan fingerprint density at radius 3 is 1.60 bits per heavy atom. The number of amides is 2. The first-order valence-corrected chi connectivity index (χ1v) is 14.7. The van der Waals surface area contributed by atoms with Gasteiger partial charge in [0, 0.05) is 0 Å². The number of carbonyl (C=O) groups is 2. The topological polar surface area (TPSA) is 74.3 Å². The van der Waals surface area contributed by atoms with Crippen LogP contribution in [-0.2, 0) is 48.4 Å². The molecule has 2 aliphatic heterocycles. The second kappa shape index (κ2) is 11.9. The first-order chi connectivity index (χ1) is 21.2. The molecule has 0 radical (unpaired) electrons. The summed E-state index contributed by atoms with van der Waals surface area (Å²) in [7, 11) is 0. The molecule has 2 heterocycles. The molecule has 4 aromatic rings. The lowest BCUT2D eigenvalue weighted by Crippen LogP contribution is -2.47. The quantitative estimate of drug-likeness (QED) is 0.225. The Balaban J connectivity index is 1.18. The van der Waals surface area contributed by atoms with Gasteiger partial charge in [0.25, 0.3) is 0 Å². The predicted octanol–water partition coefficient (Wildman–Crippen LogP) is 5.33. The molecule has 4 aromatic carbocycles. The average Bonchev–Trinajstić information content (AvgIpc) is 3.50. The van der Waals surface area contributed by atoms with E-state index in [0.717, 1.165) is 16.7 Å². The first-order valence-electron chi connectivity index (χ1n) is 14.7. The minimum Gasteiger partial charge on any atom is -0.374 e. The molecule has 0 bridgehead atoms. The molecule has 43 heavy (non-hydrogen) atoms. The largest absolute Gasteiger partial charge is 0.374 e. The SMILES string of the molecule is O=C1[C@@H]2[C@H](C(=O)N1c1ccccc1)C21O[C@H](COCc2ccccc2)[C@@H](OCc2ccccc2)[C@H]1OCc1ccccc1. The first kappa shape index (κ1) is 27.7. The van der Waals surface area contributed by atoms with E-state index in [2.05, 4.69) is 0 Å². The molecule has 218 valence electrons. The Kier molecular flexibility index (Phi) is 7.63. The fourth-order valence-electron chi connectivity index (χ4n) is 6.57. The van der Waals surface area contributed by atoms with E-state index in [-0.39, 0.29) is 18.4 Å². The van der Waals surface area contributed by atoms with Gasteiger partial charge in [0.2, 0.25) is 11.8 Å². The normalized spacial score (nSPS) is 27.5. The van der Waals surface area contributed by atoms with Crippen molar-refractivity contribution in [2.45, 2.75) is 43.7 Å². The summed E-state index contributed by atoms with van der Waals surface area (Å²) in [5, 5.41) is 0. The highest BCUT2D eigenvalue weighted by Gasteiger charge is 2.86. The number of hydrogen-bond acceptors (Lipinski definition) is 6. The minimum absolute atomic E-state index is 0.228. The molecule has 7 heteroatoms. The van der Waals surface area contributed by atoms with Crippen molar-refractivity contribution in [2.24, 2.45) is 11.8 Å². The molecule has 3 fully saturated rings. The van der Waals surface area contributed by atoms with Crippen LogP contribution in [0.1, 0.15) is 16.7 Å². The van der Waals surface area contributed by atoms with Crippen molar-refractivity contribution in [1.29, 1.82) is 0 Å². The zero-order chi connectivity index (χ0) is 29.2. The molecule has 1 saturated carbocycles. The highest BCUT2D eigenvalue weighted by Crippen LogP contribution is 2.66. The van der Waals surface area contributed by atoms with Gasteiger partial charge in [0.05, 0.1) is 44.0 Å². The third-order valence-corrected chi connectivity index (χ3v) is 8.60. The van der Waals surface area contributed by atoms with E-state index in [1.807, 2.05) is 109 Å². The fraction of sp³-hybridized carbons (Fsp3) is 0.278. The molecule has 7 rings (SSSR count). The number of fused-ring (bicyclic) bond motifs is 3. The van der Waals surface area contributed by atoms with Gasteiger partial charge in [-0.05, 0) is 28.8 Å². The molecular weight excluding hydrogens is 542 g/mol. The van der Waals surface area contributed by atoms with Crippen molar-refractivity contribution in [1.82, 2.24) is 0 Å². The van der Waals surface area contributed by atoms with E-state index >= 15 is 0 Å². The van der Waals surface area contributed by atoms with Crippen LogP contribution >= 0.6 is 0 Å². The molecule has 6 atom stereocenters. The van der Waals surface area contributed by atoms with Crippen molar-refractivity contribution in [2.75, 3.05) is 11.5 Å². The van der Waals surface area contributed by atoms with Gasteiger partial charge in [-0.1, -0.05) is 109 Å². The van der Waals surface area contributed by atoms with Crippen LogP contribution in [0, 0.1) is 11.8 Å². The van der Waals surface area contributed by atoms with Crippen LogP contribution in [0.4, 0.5) is 5.69 Å². The Labute approximate surface area is 251 Å². The number of anilines is 1. The second-order valence-electron chi connectivity index (χ2n) is 11.3. The fourth-order valence-corrected chi connectivity index (χ4v) is 6.57.